The Bertz CT molecular complexity index is 841. The third-order valence-corrected chi connectivity index (χ3v) is 10.8. The summed E-state index contributed by atoms with van der Waals surface area (Å²) < 4.78 is 0. The van der Waals surface area contributed by atoms with Crippen molar-refractivity contribution in [1.29, 1.82) is 0 Å². The summed E-state index contributed by atoms with van der Waals surface area (Å²) >= 11 is 0. The Morgan fingerprint density at radius 2 is 0.962 bits per heavy atom. The molecule has 0 heterocycles. The molecule has 0 fully saturated rings. The smallest absolute Gasteiger partial charge is 0.0761 e. The van der Waals surface area contributed by atoms with Gasteiger partial charge in [0.15, 0.2) is 8.07 Å². The van der Waals surface area contributed by atoms with Crippen LogP contribution in [0.15, 0.2) is 114 Å². The molecule has 1 unspecified atom stereocenters. The van der Waals surface area contributed by atoms with Gasteiger partial charge in [0, 0.05) is 5.54 Å². The Kier molecular flexibility index (Phi) is 4.48. The first-order chi connectivity index (χ1) is 12.7. The van der Waals surface area contributed by atoms with Crippen LogP contribution in [0.3, 0.4) is 0 Å². The monoisotopic (exact) mass is 352 g/mol. The quantitative estimate of drug-likeness (QED) is 0.481. The predicted molar refractivity (Wildman–Crippen MR) is 115 cm³/mol. The van der Waals surface area contributed by atoms with Crippen LogP contribution in [0.4, 0.5) is 0 Å². The topological polar surface area (TPSA) is 0 Å². The molecule has 0 saturated heterocycles. The van der Waals surface area contributed by atoms with Crippen molar-refractivity contribution >= 4 is 23.6 Å². The summed E-state index contributed by atoms with van der Waals surface area (Å²) in [6.45, 7) is 4.53. The maximum atomic E-state index is 2.49. The van der Waals surface area contributed by atoms with Gasteiger partial charge in [-0.05, 0) is 29.4 Å². The minimum absolute atomic E-state index is 0.440. The molecule has 0 N–H and O–H groups in total. The van der Waals surface area contributed by atoms with Crippen LogP contribution in [-0.4, -0.2) is 8.07 Å². The molecular formula is C25H24Si. The fourth-order valence-corrected chi connectivity index (χ4v) is 10.0. The van der Waals surface area contributed by atoms with E-state index in [2.05, 4.69) is 117 Å². The fraction of sp³-hybridized carbons (Fsp3) is 0.120. The second kappa shape index (κ2) is 6.93. The highest BCUT2D eigenvalue weighted by Gasteiger charge is 2.46. The van der Waals surface area contributed by atoms with Crippen LogP contribution in [0.5, 0.6) is 0 Å². The lowest BCUT2D eigenvalue weighted by Gasteiger charge is -2.39. The first-order valence-corrected chi connectivity index (χ1v) is 11.3. The van der Waals surface area contributed by atoms with Crippen molar-refractivity contribution in [1.82, 2.24) is 0 Å². The molecule has 0 saturated carbocycles. The molecule has 3 aromatic rings. The lowest BCUT2D eigenvalue weighted by molar-refractivity contribution is 1.19. The van der Waals surface area contributed by atoms with Gasteiger partial charge in [0.05, 0.1) is 0 Å². The van der Waals surface area contributed by atoms with Crippen LogP contribution < -0.4 is 15.6 Å². The number of benzene rings is 3. The van der Waals surface area contributed by atoms with Crippen molar-refractivity contribution < 1.29 is 0 Å². The summed E-state index contributed by atoms with van der Waals surface area (Å²) in [5.41, 5.74) is 3.30. The zero-order valence-electron chi connectivity index (χ0n) is 15.4. The van der Waals surface area contributed by atoms with Crippen molar-refractivity contribution in [3.8, 4) is 0 Å². The van der Waals surface area contributed by atoms with E-state index in [-0.39, 0.29) is 0 Å². The van der Waals surface area contributed by atoms with Gasteiger partial charge in [0.2, 0.25) is 0 Å². The molecule has 1 aliphatic rings. The lowest BCUT2D eigenvalue weighted by Crippen LogP contribution is -2.69. The summed E-state index contributed by atoms with van der Waals surface area (Å²) in [7, 11) is -2.24. The molecule has 128 valence electrons. The summed E-state index contributed by atoms with van der Waals surface area (Å²) in [6.07, 6.45) is 4.86. The Morgan fingerprint density at radius 1 is 0.577 bits per heavy atom. The molecule has 26 heavy (non-hydrogen) atoms. The molecule has 4 rings (SSSR count). The van der Waals surface area contributed by atoms with E-state index in [0.717, 1.165) is 0 Å². The summed E-state index contributed by atoms with van der Waals surface area (Å²) in [4.78, 5) is 0. The van der Waals surface area contributed by atoms with Crippen molar-refractivity contribution in [2.45, 2.75) is 19.4 Å². The number of hydrogen-bond acceptors (Lipinski definition) is 0. The highest BCUT2D eigenvalue weighted by atomic mass is 28.3. The van der Waals surface area contributed by atoms with E-state index in [1.54, 1.807) is 0 Å². The Balaban J connectivity index is 2.10. The minimum atomic E-state index is -2.24. The highest BCUT2D eigenvalue weighted by Crippen LogP contribution is 2.37. The number of rotatable bonds is 4. The third kappa shape index (κ3) is 2.69. The van der Waals surface area contributed by atoms with Crippen molar-refractivity contribution in [3.63, 3.8) is 0 Å². The van der Waals surface area contributed by atoms with E-state index in [4.69, 9.17) is 0 Å². The molecule has 1 heteroatoms. The number of allylic oxidation sites excluding steroid dienone is 4. The molecule has 0 spiro atoms. The van der Waals surface area contributed by atoms with E-state index in [0.29, 0.717) is 5.54 Å². The molecule has 0 aliphatic heterocycles. The molecule has 0 bridgehead atoms. The molecule has 1 aliphatic carbocycles. The SMILES string of the molecule is CC1=CC([Si](c2ccccc2)(c2ccccc2)c2ccccc2)C(C)=C1. The predicted octanol–water partition coefficient (Wildman–Crippen LogP) is 4.43. The fourth-order valence-electron chi connectivity index (χ4n) is 4.50. The van der Waals surface area contributed by atoms with Crippen molar-refractivity contribution in [2.75, 3.05) is 0 Å². The van der Waals surface area contributed by atoms with Gasteiger partial charge in [-0.1, -0.05) is 114 Å². The average molecular weight is 353 g/mol. The van der Waals surface area contributed by atoms with Crippen LogP contribution in [0.1, 0.15) is 13.8 Å². The van der Waals surface area contributed by atoms with Crippen molar-refractivity contribution in [2.24, 2.45) is 0 Å². The Labute approximate surface area is 157 Å². The van der Waals surface area contributed by atoms with Crippen LogP contribution in [-0.2, 0) is 0 Å². The number of hydrogen-bond donors (Lipinski definition) is 0. The van der Waals surface area contributed by atoms with Gasteiger partial charge in [-0.3, -0.25) is 0 Å². The van der Waals surface area contributed by atoms with Gasteiger partial charge < -0.3 is 0 Å². The molecule has 1 atom stereocenters. The largest absolute Gasteiger partial charge is 0.158 e. The first-order valence-electron chi connectivity index (χ1n) is 9.26. The second-order valence-electron chi connectivity index (χ2n) is 7.18. The summed E-state index contributed by atoms with van der Waals surface area (Å²) in [5, 5.41) is 4.42. The highest BCUT2D eigenvalue weighted by molar-refractivity contribution is 7.13. The van der Waals surface area contributed by atoms with E-state index in [9.17, 15) is 0 Å². The molecule has 3 aromatic carbocycles. The van der Waals surface area contributed by atoms with Gasteiger partial charge in [-0.15, -0.1) is 0 Å². The van der Waals surface area contributed by atoms with Gasteiger partial charge in [0.1, 0.15) is 0 Å². The second-order valence-corrected chi connectivity index (χ2v) is 11.2. The average Bonchev–Trinajstić information content (AvgIpc) is 3.03. The van der Waals surface area contributed by atoms with Gasteiger partial charge >= 0.3 is 0 Å². The molecular weight excluding hydrogens is 328 g/mol. The Hall–Kier alpha value is -2.64. The van der Waals surface area contributed by atoms with Crippen LogP contribution >= 0.6 is 0 Å². The normalized spacial score (nSPS) is 16.9. The third-order valence-electron chi connectivity index (χ3n) is 5.53. The molecule has 0 aromatic heterocycles. The summed E-state index contributed by atoms with van der Waals surface area (Å²) in [5.74, 6) is 0. The van der Waals surface area contributed by atoms with Crippen LogP contribution in [0.2, 0.25) is 5.54 Å². The van der Waals surface area contributed by atoms with E-state index in [1.807, 2.05) is 0 Å². The van der Waals surface area contributed by atoms with Gasteiger partial charge in [-0.2, -0.15) is 0 Å². The van der Waals surface area contributed by atoms with Crippen molar-refractivity contribution in [3.05, 3.63) is 114 Å². The van der Waals surface area contributed by atoms with E-state index >= 15 is 0 Å². The minimum Gasteiger partial charge on any atom is -0.0761 e. The lowest BCUT2D eigenvalue weighted by atomic mass is 10.3. The zero-order valence-corrected chi connectivity index (χ0v) is 16.4. The van der Waals surface area contributed by atoms with Gasteiger partial charge in [0.25, 0.3) is 0 Å². The molecule has 0 nitrogen and oxygen atoms in total. The first kappa shape index (κ1) is 16.8. The standard InChI is InChI=1S/C25H24Si/c1-20-18-21(2)25(19-20)26(22-12-6-3-7-13-22,23-14-8-4-9-15-23)24-16-10-5-11-17-24/h3-19,25H,1-2H3. The van der Waals surface area contributed by atoms with Gasteiger partial charge in [-0.25, -0.2) is 0 Å². The van der Waals surface area contributed by atoms with Crippen LogP contribution in [0, 0.1) is 0 Å². The maximum Gasteiger partial charge on any atom is 0.158 e. The van der Waals surface area contributed by atoms with Crippen LogP contribution in [0.25, 0.3) is 0 Å². The Morgan fingerprint density at radius 3 is 1.27 bits per heavy atom. The molecule has 0 radical (unpaired) electrons. The van der Waals surface area contributed by atoms with E-state index in [1.165, 1.54) is 26.7 Å². The maximum absolute atomic E-state index is 2.49. The summed E-state index contributed by atoms with van der Waals surface area (Å²) in [6, 6.07) is 33.5. The molecule has 0 amide bonds. The van der Waals surface area contributed by atoms with E-state index < -0.39 is 8.07 Å². The zero-order chi connectivity index (χ0) is 18.0.